The Labute approximate surface area is 110 Å². The number of ether oxygens (including phenoxy) is 1. The van der Waals surface area contributed by atoms with Gasteiger partial charge in [0.2, 0.25) is 0 Å². The zero-order chi connectivity index (χ0) is 12.5. The van der Waals surface area contributed by atoms with Crippen LogP contribution < -0.4 is 10.6 Å². The normalized spacial score (nSPS) is 19.5. The van der Waals surface area contributed by atoms with Gasteiger partial charge in [0.1, 0.15) is 6.54 Å². The molecule has 1 heterocycles. The number of carbonyl (C=O) groups excluding carboxylic acids is 2. The summed E-state index contributed by atoms with van der Waals surface area (Å²) >= 11 is 3.80. The maximum absolute atomic E-state index is 11.3. The molecule has 0 aliphatic carbocycles. The van der Waals surface area contributed by atoms with Gasteiger partial charge in [-0.25, -0.2) is 4.79 Å². The number of thioether (sulfide) groups is 2. The Morgan fingerprint density at radius 1 is 1.35 bits per heavy atom. The highest BCUT2D eigenvalue weighted by molar-refractivity contribution is 8.06. The van der Waals surface area contributed by atoms with Crippen molar-refractivity contribution in [1.29, 1.82) is 0 Å². The fourth-order valence-corrected chi connectivity index (χ4v) is 3.90. The molecular weight excluding hydrogens is 260 g/mol. The van der Waals surface area contributed by atoms with Gasteiger partial charge in [-0.3, -0.25) is 4.79 Å². The third-order valence-electron chi connectivity index (χ3n) is 2.07. The standard InChI is InChI=1S/C10H18N2O3S2/c1-2-15-9(13)6-12-10(14)11-5-8-7-16-3-4-17-8/h8H,2-7H2,1H3,(H2,11,12,14). The van der Waals surface area contributed by atoms with E-state index in [0.717, 1.165) is 11.5 Å². The molecule has 98 valence electrons. The SMILES string of the molecule is CCOC(=O)CNC(=O)NCC1CSCCS1. The molecule has 1 rings (SSSR count). The van der Waals surface area contributed by atoms with Gasteiger partial charge >= 0.3 is 12.0 Å². The summed E-state index contributed by atoms with van der Waals surface area (Å²) in [5.41, 5.74) is 0. The predicted molar refractivity (Wildman–Crippen MR) is 71.6 cm³/mol. The highest BCUT2D eigenvalue weighted by Gasteiger charge is 2.15. The number of rotatable bonds is 5. The van der Waals surface area contributed by atoms with Crippen molar-refractivity contribution in [2.45, 2.75) is 12.2 Å². The van der Waals surface area contributed by atoms with Gasteiger partial charge < -0.3 is 15.4 Å². The van der Waals surface area contributed by atoms with Crippen molar-refractivity contribution in [1.82, 2.24) is 10.6 Å². The molecule has 0 saturated carbocycles. The van der Waals surface area contributed by atoms with E-state index < -0.39 is 5.97 Å². The van der Waals surface area contributed by atoms with Gasteiger partial charge in [0.15, 0.2) is 0 Å². The van der Waals surface area contributed by atoms with Gasteiger partial charge in [-0.1, -0.05) is 0 Å². The number of carbonyl (C=O) groups is 2. The van der Waals surface area contributed by atoms with Crippen molar-refractivity contribution in [2.24, 2.45) is 0 Å². The fraction of sp³-hybridized carbons (Fsp3) is 0.800. The topological polar surface area (TPSA) is 67.4 Å². The molecule has 1 aliphatic heterocycles. The lowest BCUT2D eigenvalue weighted by Crippen LogP contribution is -2.42. The van der Waals surface area contributed by atoms with Gasteiger partial charge in [0, 0.05) is 29.1 Å². The van der Waals surface area contributed by atoms with Crippen molar-refractivity contribution in [3.63, 3.8) is 0 Å². The van der Waals surface area contributed by atoms with Gasteiger partial charge in [-0.15, -0.1) is 0 Å². The average molecular weight is 278 g/mol. The summed E-state index contributed by atoms with van der Waals surface area (Å²) in [6.45, 7) is 2.63. The summed E-state index contributed by atoms with van der Waals surface area (Å²) in [6.07, 6.45) is 0. The molecule has 1 fully saturated rings. The zero-order valence-corrected chi connectivity index (χ0v) is 11.5. The van der Waals surface area contributed by atoms with E-state index in [1.807, 2.05) is 23.5 Å². The van der Waals surface area contributed by atoms with Crippen LogP contribution in [0.3, 0.4) is 0 Å². The van der Waals surface area contributed by atoms with E-state index in [1.54, 1.807) is 6.92 Å². The molecule has 2 amide bonds. The second-order valence-corrected chi connectivity index (χ2v) is 5.99. The van der Waals surface area contributed by atoms with Crippen LogP contribution in [-0.2, 0) is 9.53 Å². The Balaban J connectivity index is 2.06. The lowest BCUT2D eigenvalue weighted by atomic mass is 10.4. The smallest absolute Gasteiger partial charge is 0.325 e. The highest BCUT2D eigenvalue weighted by atomic mass is 32.2. The third kappa shape index (κ3) is 6.68. The number of nitrogens with one attached hydrogen (secondary N) is 2. The van der Waals surface area contributed by atoms with E-state index in [9.17, 15) is 9.59 Å². The maximum Gasteiger partial charge on any atom is 0.325 e. The number of amides is 2. The summed E-state index contributed by atoms with van der Waals surface area (Å²) in [7, 11) is 0. The molecule has 2 N–H and O–H groups in total. The van der Waals surface area contributed by atoms with Crippen molar-refractivity contribution in [3.05, 3.63) is 0 Å². The molecule has 0 aromatic heterocycles. The predicted octanol–water partition coefficient (Wildman–Crippen LogP) is 0.697. The van der Waals surface area contributed by atoms with Crippen LogP contribution in [0.1, 0.15) is 6.92 Å². The van der Waals surface area contributed by atoms with Crippen LogP contribution >= 0.6 is 23.5 Å². The first-order valence-corrected chi connectivity index (χ1v) is 7.79. The van der Waals surface area contributed by atoms with Gasteiger partial charge in [0.05, 0.1) is 6.61 Å². The Hall–Kier alpha value is -0.560. The summed E-state index contributed by atoms with van der Waals surface area (Å²) < 4.78 is 4.70. The van der Waals surface area contributed by atoms with E-state index >= 15 is 0 Å². The van der Waals surface area contributed by atoms with E-state index in [2.05, 4.69) is 10.6 Å². The fourth-order valence-electron chi connectivity index (χ4n) is 1.29. The molecular formula is C10H18N2O3S2. The Morgan fingerprint density at radius 3 is 2.82 bits per heavy atom. The second kappa shape index (κ2) is 8.52. The minimum atomic E-state index is -0.412. The molecule has 1 aliphatic rings. The number of urea groups is 1. The summed E-state index contributed by atoms with van der Waals surface area (Å²) in [6, 6.07) is -0.311. The number of hydrogen-bond acceptors (Lipinski definition) is 5. The van der Waals surface area contributed by atoms with E-state index in [4.69, 9.17) is 4.74 Å². The average Bonchev–Trinajstić information content (AvgIpc) is 2.35. The van der Waals surface area contributed by atoms with Gasteiger partial charge in [-0.05, 0) is 6.92 Å². The molecule has 7 heteroatoms. The molecule has 0 spiro atoms. The van der Waals surface area contributed by atoms with Gasteiger partial charge in [-0.2, -0.15) is 23.5 Å². The highest BCUT2D eigenvalue weighted by Crippen LogP contribution is 2.23. The molecule has 1 saturated heterocycles. The Bertz CT molecular complexity index is 258. The molecule has 0 aromatic rings. The molecule has 0 radical (unpaired) electrons. The maximum atomic E-state index is 11.3. The largest absolute Gasteiger partial charge is 0.465 e. The quantitative estimate of drug-likeness (QED) is 0.725. The summed E-state index contributed by atoms with van der Waals surface area (Å²) in [5, 5.41) is 5.70. The summed E-state index contributed by atoms with van der Waals surface area (Å²) in [4.78, 5) is 22.3. The minimum Gasteiger partial charge on any atom is -0.465 e. The molecule has 1 unspecified atom stereocenters. The van der Waals surface area contributed by atoms with Crippen molar-refractivity contribution in [3.8, 4) is 0 Å². The van der Waals surface area contributed by atoms with Crippen molar-refractivity contribution < 1.29 is 14.3 Å². The molecule has 1 atom stereocenters. The first kappa shape index (κ1) is 14.5. The molecule has 5 nitrogen and oxygen atoms in total. The molecule has 17 heavy (non-hydrogen) atoms. The number of esters is 1. The second-order valence-electron chi connectivity index (χ2n) is 3.44. The monoisotopic (exact) mass is 278 g/mol. The van der Waals surface area contributed by atoms with E-state index in [1.165, 1.54) is 5.75 Å². The van der Waals surface area contributed by atoms with Crippen LogP contribution in [0.15, 0.2) is 0 Å². The Kier molecular flexibility index (Phi) is 7.27. The zero-order valence-electron chi connectivity index (χ0n) is 9.86. The minimum absolute atomic E-state index is 0.0771. The molecule has 0 bridgehead atoms. The van der Waals surface area contributed by atoms with Crippen molar-refractivity contribution in [2.75, 3.05) is 37.0 Å². The first-order chi connectivity index (χ1) is 8.22. The lowest BCUT2D eigenvalue weighted by molar-refractivity contribution is -0.141. The van der Waals surface area contributed by atoms with E-state index in [0.29, 0.717) is 18.4 Å². The third-order valence-corrected chi connectivity index (χ3v) is 4.92. The van der Waals surface area contributed by atoms with Gasteiger partial charge in [0.25, 0.3) is 0 Å². The van der Waals surface area contributed by atoms with Crippen molar-refractivity contribution >= 4 is 35.5 Å². The van der Waals surface area contributed by atoms with Crippen LogP contribution in [0.25, 0.3) is 0 Å². The summed E-state index contributed by atoms with van der Waals surface area (Å²) in [5.74, 6) is 2.99. The lowest BCUT2D eigenvalue weighted by Gasteiger charge is -2.21. The van der Waals surface area contributed by atoms with Crippen LogP contribution in [0.2, 0.25) is 0 Å². The van der Waals surface area contributed by atoms with E-state index in [-0.39, 0.29) is 12.6 Å². The Morgan fingerprint density at radius 2 is 2.18 bits per heavy atom. The van der Waals surface area contributed by atoms with Crippen LogP contribution in [0, 0.1) is 0 Å². The van der Waals surface area contributed by atoms with Crippen LogP contribution in [0.4, 0.5) is 4.79 Å². The van der Waals surface area contributed by atoms with Crippen LogP contribution in [0.5, 0.6) is 0 Å². The number of hydrogen-bond donors (Lipinski definition) is 2. The van der Waals surface area contributed by atoms with Crippen LogP contribution in [-0.4, -0.2) is 54.2 Å². The first-order valence-electron chi connectivity index (χ1n) is 5.59. The molecule has 0 aromatic carbocycles.